The summed E-state index contributed by atoms with van der Waals surface area (Å²) in [7, 11) is 0. The van der Waals surface area contributed by atoms with Crippen LogP contribution in [0, 0.1) is 0 Å². The topological polar surface area (TPSA) is 50.7 Å². The lowest BCUT2D eigenvalue weighted by molar-refractivity contribution is 0.659. The minimum atomic E-state index is -0.255. The SMILES string of the molecule is CC1(C)c2cc3ccccc3cc2-c2cccc(C(=NCc3cccc4ccccc34)N=C(N)c3cccc4ccccc34)c21. The van der Waals surface area contributed by atoms with Gasteiger partial charge < -0.3 is 5.73 Å². The highest BCUT2D eigenvalue weighted by Crippen LogP contribution is 2.51. The molecule has 0 amide bonds. The normalized spacial score (nSPS) is 14.2. The van der Waals surface area contributed by atoms with E-state index in [-0.39, 0.29) is 5.41 Å². The fraction of sp³-hybridized carbons (Fsp3) is 0.0952. The first kappa shape index (κ1) is 27.0. The number of nitrogens with zero attached hydrogens (tertiary/aromatic N) is 2. The zero-order valence-corrected chi connectivity index (χ0v) is 25.5. The van der Waals surface area contributed by atoms with Crippen molar-refractivity contribution in [3.63, 3.8) is 0 Å². The van der Waals surface area contributed by atoms with Gasteiger partial charge in [-0.2, -0.15) is 0 Å². The van der Waals surface area contributed by atoms with E-state index in [1.165, 1.54) is 43.8 Å². The van der Waals surface area contributed by atoms with Crippen molar-refractivity contribution in [1.82, 2.24) is 0 Å². The predicted octanol–water partition coefficient (Wildman–Crippen LogP) is 9.80. The summed E-state index contributed by atoms with van der Waals surface area (Å²) >= 11 is 0. The molecule has 0 saturated heterocycles. The summed E-state index contributed by atoms with van der Waals surface area (Å²) in [6, 6.07) is 49.2. The number of fused-ring (bicyclic) bond motifs is 6. The van der Waals surface area contributed by atoms with Crippen LogP contribution in [0.15, 0.2) is 150 Å². The number of nitrogens with two attached hydrogens (primary N) is 1. The molecule has 0 saturated carbocycles. The maximum atomic E-state index is 6.89. The van der Waals surface area contributed by atoms with Crippen LogP contribution in [0.3, 0.4) is 0 Å². The third-order valence-electron chi connectivity index (χ3n) is 9.35. The lowest BCUT2D eigenvalue weighted by Gasteiger charge is -2.24. The van der Waals surface area contributed by atoms with E-state index >= 15 is 0 Å². The maximum Gasteiger partial charge on any atom is 0.157 e. The molecule has 0 aliphatic heterocycles. The molecule has 0 spiro atoms. The average molecular weight is 580 g/mol. The van der Waals surface area contributed by atoms with Crippen LogP contribution in [-0.2, 0) is 12.0 Å². The monoisotopic (exact) mass is 579 g/mol. The zero-order valence-electron chi connectivity index (χ0n) is 25.5. The highest BCUT2D eigenvalue weighted by Gasteiger charge is 2.38. The van der Waals surface area contributed by atoms with Crippen molar-refractivity contribution in [2.45, 2.75) is 25.8 Å². The van der Waals surface area contributed by atoms with E-state index in [2.05, 4.69) is 129 Å². The van der Waals surface area contributed by atoms with Crippen molar-refractivity contribution in [2.75, 3.05) is 0 Å². The molecule has 45 heavy (non-hydrogen) atoms. The molecule has 0 atom stereocenters. The van der Waals surface area contributed by atoms with Crippen LogP contribution in [-0.4, -0.2) is 11.7 Å². The first-order chi connectivity index (χ1) is 22.0. The van der Waals surface area contributed by atoms with Crippen LogP contribution in [0.25, 0.3) is 43.4 Å². The fourth-order valence-corrected chi connectivity index (χ4v) is 7.15. The predicted molar refractivity (Wildman–Crippen MR) is 190 cm³/mol. The Morgan fingerprint density at radius 1 is 0.578 bits per heavy atom. The Bertz CT molecular complexity index is 2330. The second-order valence-corrected chi connectivity index (χ2v) is 12.4. The van der Waals surface area contributed by atoms with Gasteiger partial charge in [0.25, 0.3) is 0 Å². The van der Waals surface area contributed by atoms with Gasteiger partial charge in [0.15, 0.2) is 5.84 Å². The van der Waals surface area contributed by atoms with Gasteiger partial charge in [0.05, 0.1) is 6.54 Å². The van der Waals surface area contributed by atoms with Gasteiger partial charge in [0.1, 0.15) is 5.84 Å². The first-order valence-electron chi connectivity index (χ1n) is 15.5. The molecule has 3 nitrogen and oxygen atoms in total. The summed E-state index contributed by atoms with van der Waals surface area (Å²) < 4.78 is 0. The van der Waals surface area contributed by atoms with Crippen LogP contribution < -0.4 is 5.73 Å². The van der Waals surface area contributed by atoms with Gasteiger partial charge in [0.2, 0.25) is 0 Å². The summed E-state index contributed by atoms with van der Waals surface area (Å²) in [6.45, 7) is 5.12. The summed E-state index contributed by atoms with van der Waals surface area (Å²) in [4.78, 5) is 10.4. The van der Waals surface area contributed by atoms with Crippen LogP contribution in [0.1, 0.15) is 41.7 Å². The van der Waals surface area contributed by atoms with E-state index in [4.69, 9.17) is 15.7 Å². The lowest BCUT2D eigenvalue weighted by atomic mass is 9.79. The van der Waals surface area contributed by atoms with E-state index in [1.807, 2.05) is 24.3 Å². The number of rotatable bonds is 4. The van der Waals surface area contributed by atoms with Crippen molar-refractivity contribution in [1.29, 1.82) is 0 Å². The van der Waals surface area contributed by atoms with Gasteiger partial charge in [0, 0.05) is 16.5 Å². The fourth-order valence-electron chi connectivity index (χ4n) is 7.15. The Labute approximate surface area is 263 Å². The van der Waals surface area contributed by atoms with E-state index < -0.39 is 0 Å². The van der Waals surface area contributed by atoms with E-state index in [0.717, 1.165) is 27.5 Å². The number of hydrogen-bond acceptors (Lipinski definition) is 1. The summed E-state index contributed by atoms with van der Waals surface area (Å²) in [5, 5.41) is 7.11. The summed E-state index contributed by atoms with van der Waals surface area (Å²) in [5.41, 5.74) is 14.8. The minimum Gasteiger partial charge on any atom is -0.383 e. The van der Waals surface area contributed by atoms with Crippen molar-refractivity contribution >= 4 is 44.0 Å². The van der Waals surface area contributed by atoms with Crippen LogP contribution in [0.5, 0.6) is 0 Å². The molecule has 0 heterocycles. The summed E-state index contributed by atoms with van der Waals surface area (Å²) in [6.07, 6.45) is 0. The minimum absolute atomic E-state index is 0.255. The standard InChI is InChI=1S/C42H33N3/c1-42(2)38-25-30-15-4-3-14-29(30)24-37(38)34-21-11-23-36(39(34)42)41(44-26-31-18-9-16-27-12-5-7-19-32(27)31)45-40(43)35-22-10-17-28-13-6-8-20-33(28)35/h3-25H,26H2,1-2H3,(H2,43,44,45). The van der Waals surface area contributed by atoms with Gasteiger partial charge in [-0.05, 0) is 72.3 Å². The van der Waals surface area contributed by atoms with Crippen LogP contribution in [0.4, 0.5) is 0 Å². The van der Waals surface area contributed by atoms with Crippen LogP contribution in [0.2, 0.25) is 0 Å². The number of aliphatic imine (C=N–C) groups is 2. The number of hydrogen-bond donors (Lipinski definition) is 1. The van der Waals surface area contributed by atoms with Gasteiger partial charge in [-0.25, -0.2) is 4.99 Å². The third kappa shape index (κ3) is 4.51. The molecule has 8 rings (SSSR count). The van der Waals surface area contributed by atoms with Crippen LogP contribution >= 0.6 is 0 Å². The molecule has 1 aliphatic rings. The zero-order chi connectivity index (χ0) is 30.5. The second-order valence-electron chi connectivity index (χ2n) is 12.4. The Morgan fingerprint density at radius 2 is 1.16 bits per heavy atom. The van der Waals surface area contributed by atoms with Crippen molar-refractivity contribution in [3.8, 4) is 11.1 Å². The quantitative estimate of drug-likeness (QED) is 0.164. The van der Waals surface area contributed by atoms with Crippen molar-refractivity contribution < 1.29 is 0 Å². The largest absolute Gasteiger partial charge is 0.383 e. The second kappa shape index (κ2) is 10.6. The number of benzene rings is 7. The van der Waals surface area contributed by atoms with E-state index in [0.29, 0.717) is 18.2 Å². The van der Waals surface area contributed by atoms with Gasteiger partial charge in [-0.15, -0.1) is 0 Å². The molecule has 2 N–H and O–H groups in total. The van der Waals surface area contributed by atoms with Crippen molar-refractivity contribution in [2.24, 2.45) is 15.7 Å². The molecule has 0 aromatic heterocycles. The molecule has 7 aromatic rings. The highest BCUT2D eigenvalue weighted by molar-refractivity contribution is 6.16. The smallest absolute Gasteiger partial charge is 0.157 e. The lowest BCUT2D eigenvalue weighted by Crippen LogP contribution is -2.21. The Kier molecular flexibility index (Phi) is 6.35. The van der Waals surface area contributed by atoms with E-state index in [9.17, 15) is 0 Å². The Morgan fingerprint density at radius 3 is 1.93 bits per heavy atom. The number of amidine groups is 2. The third-order valence-corrected chi connectivity index (χ3v) is 9.35. The molecule has 0 fully saturated rings. The van der Waals surface area contributed by atoms with Gasteiger partial charge in [-0.3, -0.25) is 4.99 Å². The molecule has 0 unspecified atom stereocenters. The molecule has 7 aromatic carbocycles. The maximum absolute atomic E-state index is 6.89. The summed E-state index contributed by atoms with van der Waals surface area (Å²) in [5.74, 6) is 1.11. The molecule has 3 heteroatoms. The molecule has 216 valence electrons. The molecule has 1 aliphatic carbocycles. The highest BCUT2D eigenvalue weighted by atomic mass is 15.0. The molecular weight excluding hydrogens is 546 g/mol. The molecule has 0 bridgehead atoms. The Balaban J connectivity index is 1.33. The van der Waals surface area contributed by atoms with Crippen molar-refractivity contribution in [3.05, 3.63) is 167 Å². The van der Waals surface area contributed by atoms with Gasteiger partial charge >= 0.3 is 0 Å². The van der Waals surface area contributed by atoms with E-state index in [1.54, 1.807) is 0 Å². The Hall–Kier alpha value is -5.54. The average Bonchev–Trinajstić information content (AvgIpc) is 3.30. The first-order valence-corrected chi connectivity index (χ1v) is 15.5. The van der Waals surface area contributed by atoms with Gasteiger partial charge in [-0.1, -0.05) is 141 Å². The molecule has 0 radical (unpaired) electrons. The molecular formula is C42H33N3.